The van der Waals surface area contributed by atoms with Crippen molar-refractivity contribution >= 4 is 28.5 Å². The number of benzene rings is 3. The molecule has 0 radical (unpaired) electrons. The third-order valence-electron chi connectivity index (χ3n) is 5.25. The summed E-state index contributed by atoms with van der Waals surface area (Å²) in [6.45, 7) is 0.474. The van der Waals surface area contributed by atoms with Gasteiger partial charge in [0.2, 0.25) is 0 Å². The van der Waals surface area contributed by atoms with Gasteiger partial charge in [0.25, 0.3) is 11.8 Å². The Morgan fingerprint density at radius 2 is 1.72 bits per heavy atom. The van der Waals surface area contributed by atoms with E-state index in [9.17, 15) is 9.59 Å². The molecule has 4 rings (SSSR count). The number of aryl methyl sites for hydroxylation is 1. The number of amides is 2. The molecule has 4 aromatic rings. The Balaban J connectivity index is 1.45. The molecule has 0 unspecified atom stereocenters. The van der Waals surface area contributed by atoms with Crippen LogP contribution in [0.5, 0.6) is 5.75 Å². The number of imidazole rings is 1. The van der Waals surface area contributed by atoms with E-state index < -0.39 is 0 Å². The average molecular weight is 428 g/mol. The molecule has 0 atom stereocenters. The van der Waals surface area contributed by atoms with E-state index in [1.54, 1.807) is 30.3 Å². The number of hydrogen-bond donors (Lipinski definition) is 2. The summed E-state index contributed by atoms with van der Waals surface area (Å²) in [4.78, 5) is 29.6. The summed E-state index contributed by atoms with van der Waals surface area (Å²) in [6.07, 6.45) is 0.590. The minimum atomic E-state index is -0.243. The predicted octanol–water partition coefficient (Wildman–Crippen LogP) is 3.81. The monoisotopic (exact) mass is 428 g/mol. The molecule has 0 aliphatic rings. The van der Waals surface area contributed by atoms with Crippen LogP contribution < -0.4 is 15.4 Å². The van der Waals surface area contributed by atoms with Crippen molar-refractivity contribution in [1.29, 1.82) is 0 Å². The fourth-order valence-corrected chi connectivity index (χ4v) is 3.55. The zero-order chi connectivity index (χ0) is 22.5. The first kappa shape index (κ1) is 21.1. The van der Waals surface area contributed by atoms with E-state index in [1.807, 2.05) is 54.1 Å². The fourth-order valence-electron chi connectivity index (χ4n) is 3.55. The topological polar surface area (TPSA) is 85.2 Å². The molecule has 32 heavy (non-hydrogen) atoms. The molecule has 0 aliphatic heterocycles. The lowest BCUT2D eigenvalue weighted by atomic mass is 10.2. The summed E-state index contributed by atoms with van der Waals surface area (Å²) < 4.78 is 7.25. The van der Waals surface area contributed by atoms with Gasteiger partial charge in [-0.2, -0.15) is 0 Å². The van der Waals surface area contributed by atoms with Gasteiger partial charge in [0, 0.05) is 31.3 Å². The van der Waals surface area contributed by atoms with Crippen molar-refractivity contribution < 1.29 is 14.3 Å². The lowest BCUT2D eigenvalue weighted by Gasteiger charge is -2.09. The molecule has 1 heterocycles. The number of carbonyl (C=O) groups is 2. The Bertz CT molecular complexity index is 1260. The third-order valence-corrected chi connectivity index (χ3v) is 5.25. The van der Waals surface area contributed by atoms with Crippen molar-refractivity contribution in [3.8, 4) is 5.75 Å². The van der Waals surface area contributed by atoms with Crippen LogP contribution in [0.2, 0.25) is 0 Å². The number of nitrogens with one attached hydrogen (secondary N) is 2. The third kappa shape index (κ3) is 4.46. The summed E-state index contributed by atoms with van der Waals surface area (Å²) in [5.74, 6) is 1.02. The predicted molar refractivity (Wildman–Crippen MR) is 124 cm³/mol. The Hall–Kier alpha value is -4.13. The van der Waals surface area contributed by atoms with Gasteiger partial charge in [0.15, 0.2) is 0 Å². The molecule has 0 bridgehead atoms. The quantitative estimate of drug-likeness (QED) is 0.469. The molecule has 3 aromatic carbocycles. The Morgan fingerprint density at radius 3 is 2.50 bits per heavy atom. The summed E-state index contributed by atoms with van der Waals surface area (Å²) in [5, 5.41) is 5.85. The van der Waals surface area contributed by atoms with E-state index in [2.05, 4.69) is 15.6 Å². The van der Waals surface area contributed by atoms with Crippen molar-refractivity contribution in [3.63, 3.8) is 0 Å². The molecule has 7 heteroatoms. The largest absolute Gasteiger partial charge is 0.496 e. The van der Waals surface area contributed by atoms with Crippen LogP contribution in [0.25, 0.3) is 11.0 Å². The summed E-state index contributed by atoms with van der Waals surface area (Å²) in [6, 6.07) is 21.8. The van der Waals surface area contributed by atoms with Gasteiger partial charge in [-0.15, -0.1) is 0 Å². The van der Waals surface area contributed by atoms with Crippen LogP contribution in [0.15, 0.2) is 72.8 Å². The molecule has 1 aromatic heterocycles. The number of carbonyl (C=O) groups excluding carboxylic acids is 2. The second-order valence-corrected chi connectivity index (χ2v) is 7.32. The number of anilines is 1. The van der Waals surface area contributed by atoms with Crippen LogP contribution in [0.4, 0.5) is 5.69 Å². The van der Waals surface area contributed by atoms with Gasteiger partial charge in [-0.25, -0.2) is 4.98 Å². The number of aromatic nitrogens is 2. The second-order valence-electron chi connectivity index (χ2n) is 7.32. The molecule has 0 saturated heterocycles. The van der Waals surface area contributed by atoms with Crippen LogP contribution >= 0.6 is 0 Å². The van der Waals surface area contributed by atoms with Crippen LogP contribution in [-0.2, 0) is 13.5 Å². The van der Waals surface area contributed by atoms with Crippen molar-refractivity contribution in [3.05, 3.63) is 89.7 Å². The van der Waals surface area contributed by atoms with Crippen LogP contribution in [0, 0.1) is 0 Å². The maximum absolute atomic E-state index is 12.7. The van der Waals surface area contributed by atoms with Crippen molar-refractivity contribution in [2.45, 2.75) is 6.42 Å². The van der Waals surface area contributed by atoms with Gasteiger partial charge in [0.1, 0.15) is 11.6 Å². The molecule has 0 aliphatic carbocycles. The Labute approximate surface area is 186 Å². The zero-order valence-electron chi connectivity index (χ0n) is 18.0. The van der Waals surface area contributed by atoms with Gasteiger partial charge in [-0.3, -0.25) is 9.59 Å². The number of fused-ring (bicyclic) bond motifs is 1. The first-order valence-corrected chi connectivity index (χ1v) is 10.3. The summed E-state index contributed by atoms with van der Waals surface area (Å²) in [5.41, 5.74) is 3.49. The van der Waals surface area contributed by atoms with E-state index in [0.29, 0.717) is 35.5 Å². The zero-order valence-corrected chi connectivity index (χ0v) is 18.0. The molecular weight excluding hydrogens is 404 g/mol. The van der Waals surface area contributed by atoms with Gasteiger partial charge in [0.05, 0.1) is 23.7 Å². The van der Waals surface area contributed by atoms with Crippen LogP contribution in [0.1, 0.15) is 26.5 Å². The van der Waals surface area contributed by atoms with Crippen LogP contribution in [-0.4, -0.2) is 35.0 Å². The van der Waals surface area contributed by atoms with Gasteiger partial charge >= 0.3 is 0 Å². The smallest absolute Gasteiger partial charge is 0.259 e. The highest BCUT2D eigenvalue weighted by atomic mass is 16.5. The molecule has 0 fully saturated rings. The molecule has 162 valence electrons. The number of rotatable bonds is 7. The highest BCUT2D eigenvalue weighted by Gasteiger charge is 2.14. The number of ether oxygens (including phenoxy) is 1. The van der Waals surface area contributed by atoms with E-state index in [4.69, 9.17) is 4.74 Å². The average Bonchev–Trinajstić information content (AvgIpc) is 3.14. The SMILES string of the molecule is COc1ccccc1C(=O)Nc1ccc2nc(CCNC(=O)c3ccccc3)n(C)c2c1. The number of para-hydroxylation sites is 1. The lowest BCUT2D eigenvalue weighted by molar-refractivity contribution is 0.0953. The van der Waals surface area contributed by atoms with Crippen molar-refractivity contribution in [1.82, 2.24) is 14.9 Å². The molecule has 0 saturated carbocycles. The van der Waals surface area contributed by atoms with E-state index in [0.717, 1.165) is 16.9 Å². The molecule has 0 spiro atoms. The fraction of sp³-hybridized carbons (Fsp3) is 0.160. The van der Waals surface area contributed by atoms with Crippen LogP contribution in [0.3, 0.4) is 0 Å². The van der Waals surface area contributed by atoms with Crippen molar-refractivity contribution in [2.24, 2.45) is 7.05 Å². The molecule has 7 nitrogen and oxygen atoms in total. The van der Waals surface area contributed by atoms with E-state index in [-0.39, 0.29) is 11.8 Å². The highest BCUT2D eigenvalue weighted by molar-refractivity contribution is 6.06. The molecule has 2 amide bonds. The summed E-state index contributed by atoms with van der Waals surface area (Å²) in [7, 11) is 3.47. The number of methoxy groups -OCH3 is 1. The van der Waals surface area contributed by atoms with Gasteiger partial charge in [-0.05, 0) is 42.5 Å². The first-order valence-electron chi connectivity index (χ1n) is 10.3. The molecular formula is C25H24N4O3. The number of hydrogen-bond acceptors (Lipinski definition) is 4. The first-order chi connectivity index (χ1) is 15.6. The Kier molecular flexibility index (Phi) is 6.17. The normalized spacial score (nSPS) is 10.7. The maximum Gasteiger partial charge on any atom is 0.259 e. The second kappa shape index (κ2) is 9.34. The standard InChI is InChI=1S/C25H24N4O3/c1-29-21-16-18(27-25(31)19-10-6-7-11-22(19)32-2)12-13-20(21)28-23(29)14-15-26-24(30)17-8-4-3-5-9-17/h3-13,16H,14-15H2,1-2H3,(H,26,30)(H,27,31). The van der Waals surface area contributed by atoms with Gasteiger partial charge < -0.3 is 19.9 Å². The van der Waals surface area contributed by atoms with Gasteiger partial charge in [-0.1, -0.05) is 30.3 Å². The minimum absolute atomic E-state index is 0.106. The molecule has 2 N–H and O–H groups in total. The van der Waals surface area contributed by atoms with Crippen molar-refractivity contribution in [2.75, 3.05) is 19.0 Å². The Morgan fingerprint density at radius 1 is 0.969 bits per heavy atom. The minimum Gasteiger partial charge on any atom is -0.496 e. The van der Waals surface area contributed by atoms with E-state index in [1.165, 1.54) is 7.11 Å². The number of nitrogens with zero attached hydrogens (tertiary/aromatic N) is 2. The summed E-state index contributed by atoms with van der Waals surface area (Å²) >= 11 is 0. The lowest BCUT2D eigenvalue weighted by Crippen LogP contribution is -2.26. The maximum atomic E-state index is 12.7. The van der Waals surface area contributed by atoms with E-state index >= 15 is 0 Å². The highest BCUT2D eigenvalue weighted by Crippen LogP contribution is 2.23.